The summed E-state index contributed by atoms with van der Waals surface area (Å²) in [7, 11) is 1.70. The number of aryl methyl sites for hydroxylation is 1. The number of piperidine rings is 1. The Bertz CT molecular complexity index is 853. The van der Waals surface area contributed by atoms with E-state index in [4.69, 9.17) is 9.47 Å². The number of benzene rings is 1. The second kappa shape index (κ2) is 11.6. The van der Waals surface area contributed by atoms with E-state index < -0.39 is 0 Å². The molecule has 6 heteroatoms. The van der Waals surface area contributed by atoms with Crippen molar-refractivity contribution in [1.82, 2.24) is 9.97 Å². The van der Waals surface area contributed by atoms with Crippen LogP contribution in [0.15, 0.2) is 30.6 Å². The van der Waals surface area contributed by atoms with Crippen LogP contribution in [0.3, 0.4) is 0 Å². The van der Waals surface area contributed by atoms with Crippen molar-refractivity contribution in [2.24, 2.45) is 17.8 Å². The largest absolute Gasteiger partial charge is 0.493 e. The Balaban J connectivity index is 1.19. The number of hydrogen-bond acceptors (Lipinski definition) is 5. The maximum Gasteiger partial charge on any atom is 0.225 e. The maximum atomic E-state index is 6.24. The molecule has 1 aromatic carbocycles. The summed E-state index contributed by atoms with van der Waals surface area (Å²) in [6, 6.07) is 6.72. The van der Waals surface area contributed by atoms with Gasteiger partial charge in [0.2, 0.25) is 5.95 Å². The molecule has 0 bridgehead atoms. The summed E-state index contributed by atoms with van der Waals surface area (Å²) in [6.45, 7) is 5.79. The van der Waals surface area contributed by atoms with E-state index in [2.05, 4.69) is 62.6 Å². The molecule has 0 radical (unpaired) electrons. The van der Waals surface area contributed by atoms with Gasteiger partial charge in [-0.05, 0) is 67.1 Å². The van der Waals surface area contributed by atoms with E-state index in [-0.39, 0.29) is 0 Å². The fraction of sp³-hybridized carbons (Fsp3) is 0.615. The third-order valence-corrected chi connectivity index (χ3v) is 7.83. The first kappa shape index (κ1) is 23.7. The van der Waals surface area contributed by atoms with Crippen LogP contribution in [0.4, 0.5) is 5.95 Å². The Morgan fingerprint density at radius 3 is 2.59 bits per heavy atom. The highest BCUT2D eigenvalue weighted by Gasteiger charge is 2.43. The normalized spacial score (nSPS) is 21.0. The topological polar surface area (TPSA) is 47.5 Å². The monoisotopic (exact) mass is 549 g/mol. The van der Waals surface area contributed by atoms with Gasteiger partial charge < -0.3 is 14.4 Å². The van der Waals surface area contributed by atoms with Crippen molar-refractivity contribution in [3.05, 3.63) is 47.3 Å². The van der Waals surface area contributed by atoms with Gasteiger partial charge in [-0.1, -0.05) is 48.1 Å². The molecule has 1 aromatic heterocycles. The quantitative estimate of drug-likeness (QED) is 0.261. The molecule has 1 aliphatic carbocycles. The average Bonchev–Trinajstić information content (AvgIpc) is 3.60. The number of rotatable bonds is 11. The van der Waals surface area contributed by atoms with E-state index in [1.165, 1.54) is 36.8 Å². The summed E-state index contributed by atoms with van der Waals surface area (Å²) in [6.07, 6.45) is 11.1. The molecule has 2 fully saturated rings. The highest BCUT2D eigenvalue weighted by Crippen LogP contribution is 2.49. The summed E-state index contributed by atoms with van der Waals surface area (Å²) < 4.78 is 12.4. The van der Waals surface area contributed by atoms with Crippen molar-refractivity contribution < 1.29 is 9.47 Å². The van der Waals surface area contributed by atoms with E-state index in [1.54, 1.807) is 7.11 Å². The van der Waals surface area contributed by atoms with Crippen LogP contribution in [0.25, 0.3) is 0 Å². The lowest BCUT2D eigenvalue weighted by molar-refractivity contribution is 0.184. The average molecular weight is 549 g/mol. The summed E-state index contributed by atoms with van der Waals surface area (Å²) in [5.41, 5.74) is 3.79. The molecule has 0 spiro atoms. The van der Waals surface area contributed by atoms with Crippen LogP contribution in [0, 0.1) is 17.8 Å². The molecule has 1 aliphatic heterocycles. The molecule has 2 heterocycles. The van der Waals surface area contributed by atoms with Crippen LogP contribution in [0.2, 0.25) is 0 Å². The van der Waals surface area contributed by atoms with Gasteiger partial charge in [0.25, 0.3) is 0 Å². The number of ether oxygens (including phenoxy) is 2. The van der Waals surface area contributed by atoms with Gasteiger partial charge in [0.15, 0.2) is 0 Å². The van der Waals surface area contributed by atoms with E-state index in [1.807, 2.05) is 12.4 Å². The van der Waals surface area contributed by atoms with Crippen molar-refractivity contribution >= 4 is 28.5 Å². The molecule has 4 rings (SSSR count). The second-order valence-corrected chi connectivity index (χ2v) is 10.0. The number of methoxy groups -OCH3 is 1. The van der Waals surface area contributed by atoms with Gasteiger partial charge in [-0.3, -0.25) is 0 Å². The van der Waals surface area contributed by atoms with Crippen molar-refractivity contribution in [3.8, 4) is 5.75 Å². The molecule has 0 unspecified atom stereocenters. The van der Waals surface area contributed by atoms with Crippen molar-refractivity contribution in [2.75, 3.05) is 31.7 Å². The summed E-state index contributed by atoms with van der Waals surface area (Å²) in [4.78, 5) is 11.4. The number of nitrogens with zero attached hydrogens (tertiary/aromatic N) is 3. The fourth-order valence-corrected chi connectivity index (χ4v) is 5.58. The third-order valence-electron chi connectivity index (χ3n) is 6.95. The molecule has 1 saturated heterocycles. The minimum absolute atomic E-state index is 0.568. The molecular formula is C26H36IN3O2. The van der Waals surface area contributed by atoms with Crippen molar-refractivity contribution in [3.63, 3.8) is 0 Å². The Morgan fingerprint density at radius 2 is 1.91 bits per heavy atom. The molecule has 2 aromatic rings. The lowest BCUT2D eigenvalue weighted by atomic mass is 9.90. The Labute approximate surface area is 206 Å². The standard InChI is InChI=1S/C26H36IN3O2/c1-3-4-23-13-19(15-27)5-6-25(23)32-12-9-22-14-24(22)21-7-10-30(11-8-21)26-28-16-20(17-29-26)18-31-2/h5-6,13,16-17,21-22,24H,3-4,7-12,14-15,18H2,1-2H3/t22-,24-/m1/s1. The van der Waals surface area contributed by atoms with E-state index >= 15 is 0 Å². The minimum Gasteiger partial charge on any atom is -0.493 e. The molecule has 0 N–H and O–H groups in total. The van der Waals surface area contributed by atoms with E-state index in [0.29, 0.717) is 6.61 Å². The first-order valence-corrected chi connectivity index (χ1v) is 13.6. The number of hydrogen-bond donors (Lipinski definition) is 0. The SMILES string of the molecule is CCCc1cc(CI)ccc1OCC[C@@H]1C[C@@H]1C1CCN(c2ncc(COC)cn2)CC1. The molecule has 174 valence electrons. The summed E-state index contributed by atoms with van der Waals surface area (Å²) >= 11 is 2.43. The lowest BCUT2D eigenvalue weighted by Gasteiger charge is -2.32. The van der Waals surface area contributed by atoms with Gasteiger partial charge in [0.1, 0.15) is 5.75 Å². The Hall–Kier alpha value is -1.41. The number of alkyl halides is 1. The molecular weight excluding hydrogens is 513 g/mol. The number of aromatic nitrogens is 2. The second-order valence-electron chi connectivity index (χ2n) is 9.27. The predicted octanol–water partition coefficient (Wildman–Crippen LogP) is 5.83. The zero-order chi connectivity index (χ0) is 22.3. The molecule has 0 amide bonds. The summed E-state index contributed by atoms with van der Waals surface area (Å²) in [5, 5.41) is 0. The fourth-order valence-electron chi connectivity index (χ4n) is 5.10. The smallest absolute Gasteiger partial charge is 0.225 e. The summed E-state index contributed by atoms with van der Waals surface area (Å²) in [5.74, 6) is 4.55. The Morgan fingerprint density at radius 1 is 1.12 bits per heavy atom. The molecule has 2 aliphatic rings. The van der Waals surface area contributed by atoms with Crippen LogP contribution < -0.4 is 9.64 Å². The van der Waals surface area contributed by atoms with Gasteiger partial charge in [-0.15, -0.1) is 0 Å². The highest BCUT2D eigenvalue weighted by atomic mass is 127. The van der Waals surface area contributed by atoms with Crippen molar-refractivity contribution in [1.29, 1.82) is 0 Å². The molecule has 2 atom stereocenters. The van der Waals surface area contributed by atoms with Gasteiger partial charge >= 0.3 is 0 Å². The van der Waals surface area contributed by atoms with Crippen LogP contribution in [0.1, 0.15) is 55.7 Å². The maximum absolute atomic E-state index is 6.24. The van der Waals surface area contributed by atoms with Crippen molar-refractivity contribution in [2.45, 2.75) is 56.5 Å². The first-order chi connectivity index (χ1) is 15.7. The van der Waals surface area contributed by atoms with E-state index in [9.17, 15) is 0 Å². The van der Waals surface area contributed by atoms with E-state index in [0.717, 1.165) is 72.0 Å². The number of anilines is 1. The first-order valence-electron chi connectivity index (χ1n) is 12.1. The van der Waals surface area contributed by atoms with Gasteiger partial charge in [0.05, 0.1) is 13.2 Å². The Kier molecular flexibility index (Phi) is 8.63. The zero-order valence-corrected chi connectivity index (χ0v) is 21.6. The zero-order valence-electron chi connectivity index (χ0n) is 19.4. The van der Waals surface area contributed by atoms with Gasteiger partial charge in [0, 0.05) is 42.6 Å². The minimum atomic E-state index is 0.568. The molecule has 5 nitrogen and oxygen atoms in total. The van der Waals surface area contributed by atoms with Crippen LogP contribution in [-0.4, -0.2) is 36.8 Å². The highest BCUT2D eigenvalue weighted by molar-refractivity contribution is 14.1. The van der Waals surface area contributed by atoms with Crippen LogP contribution >= 0.6 is 22.6 Å². The van der Waals surface area contributed by atoms with Gasteiger partial charge in [-0.2, -0.15) is 0 Å². The molecule has 1 saturated carbocycles. The number of halogens is 1. The lowest BCUT2D eigenvalue weighted by Crippen LogP contribution is -2.35. The van der Waals surface area contributed by atoms with Gasteiger partial charge in [-0.25, -0.2) is 9.97 Å². The van der Waals surface area contributed by atoms with Crippen LogP contribution in [-0.2, 0) is 22.2 Å². The predicted molar refractivity (Wildman–Crippen MR) is 138 cm³/mol. The van der Waals surface area contributed by atoms with Crippen LogP contribution in [0.5, 0.6) is 5.75 Å². The third kappa shape index (κ3) is 6.13. The molecule has 32 heavy (non-hydrogen) atoms.